The van der Waals surface area contributed by atoms with E-state index in [1.165, 1.54) is 18.2 Å². The molecule has 0 saturated heterocycles. The molecule has 17 heavy (non-hydrogen) atoms. The molecule has 6 nitrogen and oxygen atoms in total. The molecule has 7 heteroatoms. The first-order valence-electron chi connectivity index (χ1n) is 4.41. The maximum absolute atomic E-state index is 10.5. The molecular formula is C10H11N2O4P. The highest BCUT2D eigenvalue weighted by atomic mass is 31.2. The van der Waals surface area contributed by atoms with E-state index in [4.69, 9.17) is 20.3 Å². The molecule has 1 rings (SSSR count). The second kappa shape index (κ2) is 6.67. The van der Waals surface area contributed by atoms with Crippen molar-refractivity contribution < 1.29 is 18.9 Å². The summed E-state index contributed by atoms with van der Waals surface area (Å²) in [6.45, 7) is 3.60. The third kappa shape index (κ3) is 6.34. The smallest absolute Gasteiger partial charge is 0.404 e. The Labute approximate surface area is 98.9 Å². The summed E-state index contributed by atoms with van der Waals surface area (Å²) in [5.74, 6) is 0.230. The van der Waals surface area contributed by atoms with Gasteiger partial charge in [-0.3, -0.25) is 9.79 Å². The van der Waals surface area contributed by atoms with Crippen LogP contribution in [-0.4, -0.2) is 9.79 Å². The SMILES string of the molecule is Cc1cccc(OP(=O)(O)O)c1C.N#CC#N. The first-order chi connectivity index (χ1) is 7.81. The first-order valence-corrected chi connectivity index (χ1v) is 5.94. The Morgan fingerprint density at radius 3 is 2.18 bits per heavy atom. The highest BCUT2D eigenvalue weighted by Crippen LogP contribution is 2.39. The van der Waals surface area contributed by atoms with Crippen molar-refractivity contribution in [1.29, 1.82) is 10.5 Å². The Hall–Kier alpha value is -1.85. The van der Waals surface area contributed by atoms with Crippen LogP contribution >= 0.6 is 7.82 Å². The first kappa shape index (κ1) is 15.2. The van der Waals surface area contributed by atoms with Crippen LogP contribution in [0.4, 0.5) is 0 Å². The van der Waals surface area contributed by atoms with Gasteiger partial charge in [-0.2, -0.15) is 10.5 Å². The molecule has 0 atom stereocenters. The minimum Gasteiger partial charge on any atom is -0.404 e. The highest BCUT2D eigenvalue weighted by molar-refractivity contribution is 7.46. The summed E-state index contributed by atoms with van der Waals surface area (Å²) in [7, 11) is -4.43. The van der Waals surface area contributed by atoms with Crippen molar-refractivity contribution in [3.8, 4) is 17.9 Å². The normalized spacial score (nSPS) is 9.29. The van der Waals surface area contributed by atoms with Crippen LogP contribution in [0.25, 0.3) is 0 Å². The molecule has 0 aliphatic heterocycles. The molecule has 1 aromatic rings. The zero-order chi connectivity index (χ0) is 13.5. The average molecular weight is 254 g/mol. The fourth-order valence-corrected chi connectivity index (χ4v) is 1.41. The average Bonchev–Trinajstić information content (AvgIpc) is 2.23. The number of phosphoric ester groups is 1. The molecule has 0 bridgehead atoms. The molecule has 0 unspecified atom stereocenters. The van der Waals surface area contributed by atoms with Crippen LogP contribution in [0.5, 0.6) is 5.75 Å². The van der Waals surface area contributed by atoms with Crippen LogP contribution in [0.3, 0.4) is 0 Å². The number of nitriles is 2. The van der Waals surface area contributed by atoms with Crippen LogP contribution < -0.4 is 4.52 Å². The van der Waals surface area contributed by atoms with Crippen molar-refractivity contribution >= 4 is 7.82 Å². The monoisotopic (exact) mass is 254 g/mol. The summed E-state index contributed by atoms with van der Waals surface area (Å²) < 4.78 is 15.0. The number of phosphoric acid groups is 1. The lowest BCUT2D eigenvalue weighted by Crippen LogP contribution is -1.93. The van der Waals surface area contributed by atoms with Gasteiger partial charge in [0.25, 0.3) is 0 Å². The number of hydrogen-bond donors (Lipinski definition) is 2. The van der Waals surface area contributed by atoms with Crippen molar-refractivity contribution in [1.82, 2.24) is 0 Å². The summed E-state index contributed by atoms with van der Waals surface area (Å²) in [5, 5.41) is 14.5. The van der Waals surface area contributed by atoms with E-state index >= 15 is 0 Å². The van der Waals surface area contributed by atoms with Crippen LogP contribution in [0, 0.1) is 36.5 Å². The summed E-state index contributed by atoms with van der Waals surface area (Å²) in [6.07, 6.45) is 0. The van der Waals surface area contributed by atoms with Crippen molar-refractivity contribution in [2.45, 2.75) is 13.8 Å². The predicted octanol–water partition coefficient (Wildman–Crippen LogP) is 1.81. The van der Waals surface area contributed by atoms with Gasteiger partial charge in [-0.1, -0.05) is 12.1 Å². The molecule has 0 saturated carbocycles. The molecule has 0 radical (unpaired) electrons. The fraction of sp³-hybridized carbons (Fsp3) is 0.200. The van der Waals surface area contributed by atoms with Crippen molar-refractivity contribution in [2.75, 3.05) is 0 Å². The highest BCUT2D eigenvalue weighted by Gasteiger charge is 2.17. The van der Waals surface area contributed by atoms with Crippen molar-refractivity contribution in [3.63, 3.8) is 0 Å². The lowest BCUT2D eigenvalue weighted by atomic mass is 10.1. The number of benzene rings is 1. The number of hydrogen-bond acceptors (Lipinski definition) is 4. The van der Waals surface area contributed by atoms with E-state index in [0.717, 1.165) is 11.1 Å². The Morgan fingerprint density at radius 2 is 1.76 bits per heavy atom. The lowest BCUT2D eigenvalue weighted by Gasteiger charge is -2.10. The van der Waals surface area contributed by atoms with Gasteiger partial charge in [-0.25, -0.2) is 4.57 Å². The zero-order valence-electron chi connectivity index (χ0n) is 9.28. The van der Waals surface area contributed by atoms with Gasteiger partial charge in [0.2, 0.25) is 0 Å². The minimum absolute atomic E-state index is 0.230. The molecule has 0 heterocycles. The number of rotatable bonds is 2. The predicted molar refractivity (Wildman–Crippen MR) is 59.8 cm³/mol. The third-order valence-corrected chi connectivity index (χ3v) is 2.26. The van der Waals surface area contributed by atoms with Gasteiger partial charge in [0.05, 0.1) is 0 Å². The molecule has 0 aliphatic rings. The van der Waals surface area contributed by atoms with Gasteiger partial charge in [-0.05, 0) is 31.0 Å². The maximum Gasteiger partial charge on any atom is 0.524 e. The number of aryl methyl sites for hydroxylation is 1. The molecular weight excluding hydrogens is 243 g/mol. The van der Waals surface area contributed by atoms with Gasteiger partial charge < -0.3 is 4.52 Å². The summed E-state index contributed by atoms with van der Waals surface area (Å²) >= 11 is 0. The standard InChI is InChI=1S/C8H11O4P.C2N2/c1-6-4-3-5-8(7(6)2)12-13(9,10)11;3-1-2-4/h3-5H,1-2H3,(H2,9,10,11);. The van der Waals surface area contributed by atoms with E-state index in [9.17, 15) is 4.57 Å². The minimum atomic E-state index is -4.43. The Morgan fingerprint density at radius 1 is 1.24 bits per heavy atom. The summed E-state index contributed by atoms with van der Waals surface area (Å²) in [4.78, 5) is 17.2. The van der Waals surface area contributed by atoms with Gasteiger partial charge in [0.15, 0.2) is 12.1 Å². The summed E-state index contributed by atoms with van der Waals surface area (Å²) in [5.41, 5.74) is 1.68. The van der Waals surface area contributed by atoms with E-state index in [1.807, 2.05) is 13.0 Å². The second-order valence-electron chi connectivity index (χ2n) is 3.00. The van der Waals surface area contributed by atoms with Gasteiger partial charge >= 0.3 is 7.82 Å². The molecule has 0 amide bonds. The van der Waals surface area contributed by atoms with E-state index < -0.39 is 7.82 Å². The van der Waals surface area contributed by atoms with Crippen molar-refractivity contribution in [3.05, 3.63) is 29.3 Å². The number of nitrogens with zero attached hydrogens (tertiary/aromatic N) is 2. The Bertz CT molecular complexity index is 498. The molecule has 0 spiro atoms. The van der Waals surface area contributed by atoms with E-state index in [1.54, 1.807) is 13.0 Å². The van der Waals surface area contributed by atoms with Crippen molar-refractivity contribution in [2.24, 2.45) is 0 Å². The molecule has 90 valence electrons. The second-order valence-corrected chi connectivity index (χ2v) is 4.17. The lowest BCUT2D eigenvalue weighted by molar-refractivity contribution is 0.282. The van der Waals surface area contributed by atoms with Crippen LogP contribution in [0.1, 0.15) is 11.1 Å². The maximum atomic E-state index is 10.5. The van der Waals surface area contributed by atoms with Gasteiger partial charge in [-0.15, -0.1) is 0 Å². The fourth-order valence-electron chi connectivity index (χ4n) is 0.951. The van der Waals surface area contributed by atoms with E-state index in [2.05, 4.69) is 4.52 Å². The quantitative estimate of drug-likeness (QED) is 0.777. The zero-order valence-corrected chi connectivity index (χ0v) is 10.2. The van der Waals surface area contributed by atoms with E-state index in [-0.39, 0.29) is 5.75 Å². The third-order valence-electron chi connectivity index (χ3n) is 1.82. The van der Waals surface area contributed by atoms with Gasteiger partial charge in [0.1, 0.15) is 5.75 Å². The largest absolute Gasteiger partial charge is 0.524 e. The topological polar surface area (TPSA) is 114 Å². The molecule has 2 N–H and O–H groups in total. The van der Waals surface area contributed by atoms with Crippen LogP contribution in [0.15, 0.2) is 18.2 Å². The molecule has 0 aliphatic carbocycles. The summed E-state index contributed by atoms with van der Waals surface area (Å²) in [6, 6.07) is 7.54. The molecule has 0 aromatic heterocycles. The van der Waals surface area contributed by atoms with E-state index in [0.29, 0.717) is 0 Å². The Balaban J connectivity index is 0.000000557. The molecule has 1 aromatic carbocycles. The Kier molecular flexibility index (Phi) is 5.95. The van der Waals surface area contributed by atoms with Crippen LogP contribution in [0.2, 0.25) is 0 Å². The van der Waals surface area contributed by atoms with Gasteiger partial charge in [0, 0.05) is 0 Å². The van der Waals surface area contributed by atoms with Crippen LogP contribution in [-0.2, 0) is 4.57 Å². The molecule has 0 fully saturated rings.